The molecule has 0 aliphatic rings. The van der Waals surface area contributed by atoms with Gasteiger partial charge in [-0.2, -0.15) is 5.26 Å². The maximum atomic E-state index is 9.36. The van der Waals surface area contributed by atoms with E-state index in [9.17, 15) is 5.11 Å². The number of hydrogen-bond donors (Lipinski definition) is 1. The molecule has 0 amide bonds. The Morgan fingerprint density at radius 3 is 2.61 bits per heavy atom. The van der Waals surface area contributed by atoms with Gasteiger partial charge >= 0.3 is 0 Å². The van der Waals surface area contributed by atoms with Crippen LogP contribution in [0.4, 0.5) is 0 Å². The minimum absolute atomic E-state index is 0.0573. The highest BCUT2D eigenvalue weighted by atomic mass is 16.5. The minimum atomic E-state index is -0.0573. The van der Waals surface area contributed by atoms with Crippen LogP contribution in [-0.4, -0.2) is 12.2 Å². The summed E-state index contributed by atoms with van der Waals surface area (Å²) in [5.74, 6) is 0.691. The van der Waals surface area contributed by atoms with Gasteiger partial charge in [0.2, 0.25) is 0 Å². The highest BCUT2D eigenvalue weighted by molar-refractivity contribution is 5.74. The van der Waals surface area contributed by atoms with Gasteiger partial charge in [-0.25, -0.2) is 0 Å². The molecule has 0 spiro atoms. The molecule has 3 heteroatoms. The molecule has 18 heavy (non-hydrogen) atoms. The quantitative estimate of drug-likeness (QED) is 0.896. The third-order valence-corrected chi connectivity index (χ3v) is 2.83. The Labute approximate surface area is 106 Å². The summed E-state index contributed by atoms with van der Waals surface area (Å²) in [6.45, 7) is -0.0573. The monoisotopic (exact) mass is 239 g/mol. The molecule has 2 aromatic carbocycles. The summed E-state index contributed by atoms with van der Waals surface area (Å²) in [6, 6.07) is 14.9. The van der Waals surface area contributed by atoms with Gasteiger partial charge in [-0.3, -0.25) is 0 Å². The molecule has 2 rings (SSSR count). The molecule has 2 aromatic rings. The van der Waals surface area contributed by atoms with Crippen molar-refractivity contribution in [2.24, 2.45) is 0 Å². The smallest absolute Gasteiger partial charge is 0.119 e. The Morgan fingerprint density at radius 2 is 1.94 bits per heavy atom. The zero-order chi connectivity index (χ0) is 13.0. The number of aliphatic hydroxyl groups excluding tert-OH is 1. The van der Waals surface area contributed by atoms with E-state index in [1.54, 1.807) is 19.2 Å². The van der Waals surface area contributed by atoms with E-state index in [2.05, 4.69) is 6.07 Å². The first-order valence-corrected chi connectivity index (χ1v) is 5.57. The molecular weight excluding hydrogens is 226 g/mol. The van der Waals surface area contributed by atoms with Crippen LogP contribution in [0.25, 0.3) is 11.1 Å². The molecule has 0 unspecified atom stereocenters. The zero-order valence-electron chi connectivity index (χ0n) is 10.1. The van der Waals surface area contributed by atoms with E-state index in [1.165, 1.54) is 0 Å². The van der Waals surface area contributed by atoms with Crippen LogP contribution in [-0.2, 0) is 6.61 Å². The Bertz CT molecular complexity index is 600. The standard InChI is InChI=1S/C15H13NO2/c1-18-13-7-6-11(9-16)15(8-13)14-5-3-2-4-12(14)10-17/h2-8,17H,10H2,1H3. The van der Waals surface area contributed by atoms with Crippen molar-refractivity contribution in [2.75, 3.05) is 7.11 Å². The normalized spacial score (nSPS) is 9.83. The molecule has 0 bridgehead atoms. The third kappa shape index (κ3) is 2.20. The van der Waals surface area contributed by atoms with Crippen molar-refractivity contribution < 1.29 is 9.84 Å². The first-order chi connectivity index (χ1) is 8.80. The molecule has 0 aliphatic carbocycles. The molecular formula is C15H13NO2. The minimum Gasteiger partial charge on any atom is -0.497 e. The highest BCUT2D eigenvalue weighted by Gasteiger charge is 2.10. The largest absolute Gasteiger partial charge is 0.497 e. The molecule has 0 fully saturated rings. The summed E-state index contributed by atoms with van der Waals surface area (Å²) >= 11 is 0. The van der Waals surface area contributed by atoms with Gasteiger partial charge in [-0.1, -0.05) is 24.3 Å². The first kappa shape index (κ1) is 12.2. The van der Waals surface area contributed by atoms with E-state index in [0.717, 1.165) is 16.7 Å². The second-order valence-corrected chi connectivity index (χ2v) is 3.84. The maximum absolute atomic E-state index is 9.36. The maximum Gasteiger partial charge on any atom is 0.119 e. The second kappa shape index (κ2) is 5.35. The molecule has 0 saturated carbocycles. The van der Waals surface area contributed by atoms with Crippen LogP contribution in [0.1, 0.15) is 11.1 Å². The number of aliphatic hydroxyl groups is 1. The SMILES string of the molecule is COc1ccc(C#N)c(-c2ccccc2CO)c1. The van der Waals surface area contributed by atoms with Crippen LogP contribution in [0.15, 0.2) is 42.5 Å². The van der Waals surface area contributed by atoms with Gasteiger partial charge in [-0.15, -0.1) is 0 Å². The fourth-order valence-electron chi connectivity index (χ4n) is 1.89. The Balaban J connectivity index is 2.65. The average Bonchev–Trinajstić information content (AvgIpc) is 2.46. The van der Waals surface area contributed by atoms with Crippen LogP contribution in [0, 0.1) is 11.3 Å². The fraction of sp³-hybridized carbons (Fsp3) is 0.133. The summed E-state index contributed by atoms with van der Waals surface area (Å²) in [5, 5.41) is 18.5. The Hall–Kier alpha value is -2.31. The third-order valence-electron chi connectivity index (χ3n) is 2.83. The van der Waals surface area contributed by atoms with Crippen LogP contribution >= 0.6 is 0 Å². The molecule has 0 aliphatic heterocycles. The molecule has 90 valence electrons. The van der Waals surface area contributed by atoms with E-state index in [0.29, 0.717) is 11.3 Å². The molecule has 0 radical (unpaired) electrons. The predicted molar refractivity (Wildman–Crippen MR) is 69.1 cm³/mol. The first-order valence-electron chi connectivity index (χ1n) is 5.57. The van der Waals surface area contributed by atoms with Crippen LogP contribution in [0.2, 0.25) is 0 Å². The lowest BCUT2D eigenvalue weighted by Crippen LogP contribution is -1.93. The molecule has 0 atom stereocenters. The van der Waals surface area contributed by atoms with Crippen LogP contribution in [0.3, 0.4) is 0 Å². The van der Waals surface area contributed by atoms with Gasteiger partial charge in [0.25, 0.3) is 0 Å². The van der Waals surface area contributed by atoms with Gasteiger partial charge in [0.05, 0.1) is 25.3 Å². The Kier molecular flexibility index (Phi) is 3.61. The average molecular weight is 239 g/mol. The van der Waals surface area contributed by atoms with E-state index >= 15 is 0 Å². The summed E-state index contributed by atoms with van der Waals surface area (Å²) in [5.41, 5.74) is 3.00. The Morgan fingerprint density at radius 1 is 1.17 bits per heavy atom. The van der Waals surface area contributed by atoms with Gasteiger partial charge in [0.1, 0.15) is 5.75 Å². The number of rotatable bonds is 3. The fourth-order valence-corrected chi connectivity index (χ4v) is 1.89. The van der Waals surface area contributed by atoms with Gasteiger partial charge in [0, 0.05) is 5.56 Å². The van der Waals surface area contributed by atoms with E-state index in [-0.39, 0.29) is 6.61 Å². The number of hydrogen-bond acceptors (Lipinski definition) is 3. The number of nitrogens with zero attached hydrogens (tertiary/aromatic N) is 1. The van der Waals surface area contributed by atoms with E-state index in [4.69, 9.17) is 10.00 Å². The van der Waals surface area contributed by atoms with Crippen molar-refractivity contribution in [2.45, 2.75) is 6.61 Å². The van der Waals surface area contributed by atoms with Gasteiger partial charge < -0.3 is 9.84 Å². The molecule has 0 aromatic heterocycles. The zero-order valence-corrected chi connectivity index (χ0v) is 10.1. The molecule has 3 nitrogen and oxygen atoms in total. The van der Waals surface area contributed by atoms with Crippen molar-refractivity contribution in [3.8, 4) is 22.9 Å². The molecule has 0 heterocycles. The summed E-state index contributed by atoms with van der Waals surface area (Å²) in [4.78, 5) is 0. The lowest BCUT2D eigenvalue weighted by Gasteiger charge is -2.10. The van der Waals surface area contributed by atoms with Crippen LogP contribution < -0.4 is 4.74 Å². The lowest BCUT2D eigenvalue weighted by molar-refractivity contribution is 0.282. The van der Waals surface area contributed by atoms with Crippen molar-refractivity contribution in [1.82, 2.24) is 0 Å². The topological polar surface area (TPSA) is 53.2 Å². The molecule has 1 N–H and O–H groups in total. The number of benzene rings is 2. The van der Waals surface area contributed by atoms with E-state index in [1.807, 2.05) is 30.3 Å². The van der Waals surface area contributed by atoms with E-state index < -0.39 is 0 Å². The summed E-state index contributed by atoms with van der Waals surface area (Å²) in [6.07, 6.45) is 0. The van der Waals surface area contributed by atoms with Crippen molar-refractivity contribution in [3.63, 3.8) is 0 Å². The number of ether oxygens (including phenoxy) is 1. The van der Waals surface area contributed by atoms with Crippen molar-refractivity contribution >= 4 is 0 Å². The number of methoxy groups -OCH3 is 1. The molecule has 0 saturated heterocycles. The summed E-state index contributed by atoms with van der Waals surface area (Å²) in [7, 11) is 1.59. The van der Waals surface area contributed by atoms with Crippen LogP contribution in [0.5, 0.6) is 5.75 Å². The lowest BCUT2D eigenvalue weighted by atomic mass is 9.96. The van der Waals surface area contributed by atoms with Gasteiger partial charge in [-0.05, 0) is 29.3 Å². The second-order valence-electron chi connectivity index (χ2n) is 3.84. The summed E-state index contributed by atoms with van der Waals surface area (Å²) < 4.78 is 5.18. The highest BCUT2D eigenvalue weighted by Crippen LogP contribution is 2.30. The van der Waals surface area contributed by atoms with Crippen molar-refractivity contribution in [3.05, 3.63) is 53.6 Å². The number of nitriles is 1. The van der Waals surface area contributed by atoms with Crippen molar-refractivity contribution in [1.29, 1.82) is 5.26 Å². The predicted octanol–water partition coefficient (Wildman–Crippen LogP) is 2.73. The van der Waals surface area contributed by atoms with Gasteiger partial charge in [0.15, 0.2) is 0 Å².